The van der Waals surface area contributed by atoms with Gasteiger partial charge >= 0.3 is 6.03 Å². The van der Waals surface area contributed by atoms with Crippen LogP contribution in [0.3, 0.4) is 0 Å². The number of carbonyl (C=O) groups excluding carboxylic acids is 1. The monoisotopic (exact) mass is 425 g/mol. The molecule has 3 aromatic rings. The van der Waals surface area contributed by atoms with E-state index in [0.717, 1.165) is 5.69 Å². The molecule has 162 valence electrons. The van der Waals surface area contributed by atoms with E-state index in [-0.39, 0.29) is 11.8 Å². The van der Waals surface area contributed by atoms with E-state index in [9.17, 15) is 9.18 Å². The molecule has 1 aliphatic heterocycles. The summed E-state index contributed by atoms with van der Waals surface area (Å²) in [6.07, 6.45) is 1.94. The van der Waals surface area contributed by atoms with Crippen molar-refractivity contribution < 1.29 is 23.4 Å². The number of amides is 2. The maximum absolute atomic E-state index is 14.7. The average molecular weight is 425 g/mol. The number of ether oxygens (including phenoxy) is 3. The van der Waals surface area contributed by atoms with Gasteiger partial charge in [0.2, 0.25) is 5.75 Å². The third-order valence-corrected chi connectivity index (χ3v) is 5.41. The molecule has 1 aliphatic rings. The Bertz CT molecular complexity index is 1070. The van der Waals surface area contributed by atoms with Crippen LogP contribution in [0.4, 0.5) is 14.9 Å². The first kappa shape index (κ1) is 20.6. The van der Waals surface area contributed by atoms with E-state index >= 15 is 0 Å². The molecular weight excluding hydrogens is 401 g/mol. The van der Waals surface area contributed by atoms with E-state index in [1.165, 1.54) is 27.4 Å². The molecule has 7 nitrogen and oxygen atoms in total. The molecule has 2 heterocycles. The molecule has 1 unspecified atom stereocenters. The van der Waals surface area contributed by atoms with Crippen LogP contribution < -0.4 is 19.5 Å². The smallest absolute Gasteiger partial charge is 0.322 e. The molecule has 0 aliphatic carbocycles. The highest BCUT2D eigenvalue weighted by Crippen LogP contribution is 2.40. The summed E-state index contributed by atoms with van der Waals surface area (Å²) in [6, 6.07) is 12.8. The molecule has 1 N–H and O–H groups in total. The van der Waals surface area contributed by atoms with E-state index in [1.54, 1.807) is 35.2 Å². The Labute approximate surface area is 179 Å². The molecule has 0 saturated heterocycles. The minimum atomic E-state index is -0.549. The van der Waals surface area contributed by atoms with Gasteiger partial charge in [0, 0.05) is 42.7 Å². The number of carbonyl (C=O) groups is 1. The van der Waals surface area contributed by atoms with Gasteiger partial charge in [-0.2, -0.15) is 0 Å². The number of fused-ring (bicyclic) bond motifs is 1. The number of benzene rings is 2. The van der Waals surface area contributed by atoms with Gasteiger partial charge in [-0.1, -0.05) is 18.2 Å². The van der Waals surface area contributed by atoms with Crippen molar-refractivity contribution in [3.8, 4) is 17.2 Å². The number of aromatic nitrogens is 1. The zero-order valence-corrected chi connectivity index (χ0v) is 17.6. The van der Waals surface area contributed by atoms with Gasteiger partial charge in [0.05, 0.1) is 27.0 Å². The molecule has 0 fully saturated rings. The van der Waals surface area contributed by atoms with Crippen LogP contribution in [-0.2, 0) is 6.54 Å². The highest BCUT2D eigenvalue weighted by atomic mass is 19.1. The molecule has 1 atom stereocenters. The number of urea groups is 1. The number of rotatable bonds is 5. The lowest BCUT2D eigenvalue weighted by Crippen LogP contribution is -2.44. The van der Waals surface area contributed by atoms with E-state index < -0.39 is 6.04 Å². The predicted molar refractivity (Wildman–Crippen MR) is 114 cm³/mol. The molecule has 0 spiro atoms. The van der Waals surface area contributed by atoms with Crippen LogP contribution in [0, 0.1) is 5.82 Å². The van der Waals surface area contributed by atoms with Crippen LogP contribution in [-0.4, -0.2) is 43.4 Å². The summed E-state index contributed by atoms with van der Waals surface area (Å²) >= 11 is 0. The van der Waals surface area contributed by atoms with Gasteiger partial charge in [-0.15, -0.1) is 0 Å². The molecule has 2 aromatic carbocycles. The lowest BCUT2D eigenvalue weighted by Gasteiger charge is -2.37. The third kappa shape index (κ3) is 3.76. The van der Waals surface area contributed by atoms with Crippen LogP contribution in [0.15, 0.2) is 54.7 Å². The summed E-state index contributed by atoms with van der Waals surface area (Å²) < 4.78 is 32.8. The predicted octanol–water partition coefficient (Wildman–Crippen LogP) is 4.29. The van der Waals surface area contributed by atoms with Gasteiger partial charge in [0.1, 0.15) is 11.9 Å². The van der Waals surface area contributed by atoms with Crippen molar-refractivity contribution in [1.29, 1.82) is 0 Å². The first-order valence-electron chi connectivity index (χ1n) is 9.84. The standard InChI is InChI=1S/C23H24FN3O4/c1-29-19-13-15(14-20(30-2)22(19)31-3)25-23(28)27-12-11-26-10-6-9-18(26)21(27)16-7-4-5-8-17(16)24/h4-10,13-14,21H,11-12H2,1-3H3,(H,25,28). The van der Waals surface area contributed by atoms with E-state index in [2.05, 4.69) is 5.32 Å². The zero-order valence-electron chi connectivity index (χ0n) is 17.6. The maximum atomic E-state index is 14.7. The van der Waals surface area contributed by atoms with Crippen LogP contribution in [0.25, 0.3) is 0 Å². The Morgan fingerprint density at radius 1 is 1.00 bits per heavy atom. The molecule has 4 rings (SSSR count). The van der Waals surface area contributed by atoms with Gasteiger partial charge < -0.3 is 29.0 Å². The van der Waals surface area contributed by atoms with E-state index in [4.69, 9.17) is 14.2 Å². The Hall–Kier alpha value is -3.68. The van der Waals surface area contributed by atoms with E-state index in [1.807, 2.05) is 22.9 Å². The van der Waals surface area contributed by atoms with Crippen molar-refractivity contribution in [2.45, 2.75) is 12.6 Å². The number of nitrogens with one attached hydrogen (secondary N) is 1. The van der Waals surface area contributed by atoms with Crippen molar-refractivity contribution in [3.05, 3.63) is 71.8 Å². The zero-order chi connectivity index (χ0) is 22.0. The van der Waals surface area contributed by atoms with Crippen molar-refractivity contribution in [1.82, 2.24) is 9.47 Å². The Morgan fingerprint density at radius 2 is 1.71 bits per heavy atom. The topological polar surface area (TPSA) is 65.0 Å². The summed E-state index contributed by atoms with van der Waals surface area (Å²) in [5, 5.41) is 2.89. The van der Waals surface area contributed by atoms with Crippen molar-refractivity contribution in [3.63, 3.8) is 0 Å². The second kappa shape index (κ2) is 8.59. The number of hydrogen-bond donors (Lipinski definition) is 1. The van der Waals surface area contributed by atoms with Gasteiger partial charge in [-0.3, -0.25) is 0 Å². The van der Waals surface area contributed by atoms with Crippen molar-refractivity contribution >= 4 is 11.7 Å². The van der Waals surface area contributed by atoms with Gasteiger partial charge in [0.25, 0.3) is 0 Å². The molecule has 1 aromatic heterocycles. The van der Waals surface area contributed by atoms with Crippen LogP contribution >= 0.6 is 0 Å². The summed E-state index contributed by atoms with van der Waals surface area (Å²) in [6.45, 7) is 1.05. The van der Waals surface area contributed by atoms with Crippen molar-refractivity contribution in [2.24, 2.45) is 0 Å². The molecule has 2 amide bonds. The number of nitrogens with zero attached hydrogens (tertiary/aromatic N) is 2. The molecule has 0 bridgehead atoms. The molecule has 31 heavy (non-hydrogen) atoms. The largest absolute Gasteiger partial charge is 0.493 e. The summed E-state index contributed by atoms with van der Waals surface area (Å²) in [5.41, 5.74) is 1.78. The molecule has 0 radical (unpaired) electrons. The molecule has 8 heteroatoms. The van der Waals surface area contributed by atoms with Gasteiger partial charge in [0.15, 0.2) is 11.5 Å². The number of methoxy groups -OCH3 is 3. The normalized spacial score (nSPS) is 15.2. The maximum Gasteiger partial charge on any atom is 0.322 e. The summed E-state index contributed by atoms with van der Waals surface area (Å²) in [4.78, 5) is 15.0. The highest BCUT2D eigenvalue weighted by Gasteiger charge is 2.34. The van der Waals surface area contributed by atoms with Crippen LogP contribution in [0.5, 0.6) is 17.2 Å². The Kier molecular flexibility index (Phi) is 5.70. The van der Waals surface area contributed by atoms with Crippen molar-refractivity contribution in [2.75, 3.05) is 33.2 Å². The minimum Gasteiger partial charge on any atom is -0.493 e. The second-order valence-corrected chi connectivity index (χ2v) is 7.09. The van der Waals surface area contributed by atoms with Gasteiger partial charge in [-0.05, 0) is 18.2 Å². The van der Waals surface area contributed by atoms with Crippen LogP contribution in [0.2, 0.25) is 0 Å². The highest BCUT2D eigenvalue weighted by molar-refractivity contribution is 5.91. The quantitative estimate of drug-likeness (QED) is 0.662. The van der Waals surface area contributed by atoms with Crippen LogP contribution in [0.1, 0.15) is 17.3 Å². The Balaban J connectivity index is 1.69. The summed E-state index contributed by atoms with van der Waals surface area (Å²) in [7, 11) is 4.53. The molecular formula is C23H24FN3O4. The second-order valence-electron chi connectivity index (χ2n) is 7.09. The van der Waals surface area contributed by atoms with E-state index in [0.29, 0.717) is 41.6 Å². The molecule has 0 saturated carbocycles. The fourth-order valence-electron chi connectivity index (χ4n) is 3.97. The third-order valence-electron chi connectivity index (χ3n) is 5.41. The SMILES string of the molecule is COc1cc(NC(=O)N2CCn3cccc3C2c2ccccc2F)cc(OC)c1OC. The fraction of sp³-hybridized carbons (Fsp3) is 0.261. The number of halogens is 1. The first-order valence-corrected chi connectivity index (χ1v) is 9.84. The minimum absolute atomic E-state index is 0.352. The van der Waals surface area contributed by atoms with Gasteiger partial charge in [-0.25, -0.2) is 9.18 Å². The number of hydrogen-bond acceptors (Lipinski definition) is 4. The average Bonchev–Trinajstić information content (AvgIpc) is 3.27. The Morgan fingerprint density at radius 3 is 2.35 bits per heavy atom. The fourth-order valence-corrected chi connectivity index (χ4v) is 3.97. The lowest BCUT2D eigenvalue weighted by molar-refractivity contribution is 0.180. The first-order chi connectivity index (χ1) is 15.1. The summed E-state index contributed by atoms with van der Waals surface area (Å²) in [5.74, 6) is 0.932. The number of anilines is 1. The lowest BCUT2D eigenvalue weighted by atomic mass is 9.99.